The maximum absolute atomic E-state index is 12.5. The van der Waals surface area contributed by atoms with Crippen LogP contribution in [0.3, 0.4) is 0 Å². The van der Waals surface area contributed by atoms with Crippen LogP contribution in [0.4, 0.5) is 5.69 Å². The lowest BCUT2D eigenvalue weighted by Gasteiger charge is -2.36. The number of nitrogens with two attached hydrogens (primary N) is 1. The van der Waals surface area contributed by atoms with Crippen molar-refractivity contribution in [2.45, 2.75) is 50.0 Å². The Morgan fingerprint density at radius 1 is 1.14 bits per heavy atom. The number of benzene rings is 1. The van der Waals surface area contributed by atoms with Gasteiger partial charge in [-0.05, 0) is 56.9 Å². The molecule has 4 atom stereocenters. The number of hydrogen-bond donors (Lipinski definition) is 2. The topological polar surface area (TPSA) is 133 Å². The highest BCUT2D eigenvalue weighted by atomic mass is 32.2. The van der Waals surface area contributed by atoms with Crippen LogP contribution in [0.5, 0.6) is 0 Å². The fourth-order valence-corrected chi connectivity index (χ4v) is 4.48. The number of sulfonamides is 1. The van der Waals surface area contributed by atoms with E-state index in [1.54, 1.807) is 0 Å². The number of hydrogen-bond acceptors (Lipinski definition) is 6. The first kappa shape index (κ1) is 20.5. The summed E-state index contributed by atoms with van der Waals surface area (Å²) in [5.41, 5.74) is 0.359. The fourth-order valence-electron chi connectivity index (χ4n) is 3.97. The summed E-state index contributed by atoms with van der Waals surface area (Å²) >= 11 is 0. The van der Waals surface area contributed by atoms with Gasteiger partial charge in [0.25, 0.3) is 5.91 Å². The van der Waals surface area contributed by atoms with E-state index in [1.807, 2.05) is 0 Å². The van der Waals surface area contributed by atoms with Crippen LogP contribution in [0.2, 0.25) is 0 Å². The van der Waals surface area contributed by atoms with Crippen LogP contribution in [0.25, 0.3) is 0 Å². The van der Waals surface area contributed by atoms with Crippen molar-refractivity contribution < 1.29 is 27.5 Å². The molecule has 2 bridgehead atoms. The van der Waals surface area contributed by atoms with Crippen LogP contribution in [0, 0.1) is 17.8 Å². The molecule has 0 saturated heterocycles. The second-order valence-electron chi connectivity index (χ2n) is 7.53. The van der Waals surface area contributed by atoms with Gasteiger partial charge in [0, 0.05) is 17.5 Å². The van der Waals surface area contributed by atoms with Gasteiger partial charge in [-0.25, -0.2) is 13.6 Å². The van der Waals surface area contributed by atoms with Gasteiger partial charge in [-0.1, -0.05) is 6.42 Å². The molecule has 1 aromatic carbocycles. The molecule has 0 heterocycles. The number of ketones is 1. The highest BCUT2D eigenvalue weighted by molar-refractivity contribution is 7.89. The summed E-state index contributed by atoms with van der Waals surface area (Å²) in [4.78, 5) is 36.8. The number of ether oxygens (including phenoxy) is 1. The molecule has 28 heavy (non-hydrogen) atoms. The molecule has 1 amide bonds. The molecule has 3 rings (SSSR count). The van der Waals surface area contributed by atoms with Crippen molar-refractivity contribution in [2.24, 2.45) is 22.9 Å². The third-order valence-electron chi connectivity index (χ3n) is 5.49. The predicted molar refractivity (Wildman–Crippen MR) is 101 cm³/mol. The Labute approximate surface area is 163 Å². The SMILES string of the molecule is C[C@H](OC(=O)C1C[C@H]2CCC[C@@H](C1)C2=O)C(=O)Nc1ccc(S(N)(=O)=O)cc1. The van der Waals surface area contributed by atoms with Crippen LogP contribution in [0.1, 0.15) is 39.0 Å². The molecule has 8 nitrogen and oxygen atoms in total. The molecular formula is C19H24N2O6S. The van der Waals surface area contributed by atoms with Gasteiger partial charge in [0.05, 0.1) is 10.8 Å². The van der Waals surface area contributed by atoms with Crippen LogP contribution in [-0.4, -0.2) is 32.2 Å². The van der Waals surface area contributed by atoms with Crippen molar-refractivity contribution >= 4 is 33.4 Å². The van der Waals surface area contributed by atoms with Crippen LogP contribution >= 0.6 is 0 Å². The molecule has 152 valence electrons. The summed E-state index contributed by atoms with van der Waals surface area (Å²) in [7, 11) is -3.81. The Bertz CT molecular complexity index is 864. The summed E-state index contributed by atoms with van der Waals surface area (Å²) < 4.78 is 27.8. The van der Waals surface area contributed by atoms with E-state index in [0.717, 1.165) is 19.3 Å². The monoisotopic (exact) mass is 408 g/mol. The smallest absolute Gasteiger partial charge is 0.309 e. The Morgan fingerprint density at radius 2 is 1.71 bits per heavy atom. The standard InChI is InChI=1S/C19H24N2O6S/c1-11(18(23)21-15-5-7-16(8-6-15)28(20,25)26)27-19(24)14-9-12-3-2-4-13(10-14)17(12)22/h5-8,11-14H,2-4,9-10H2,1H3,(H,21,23)(H2,20,25,26)/t11-,12-,13+,14?/m0/s1. The third kappa shape index (κ3) is 4.59. The van der Waals surface area contributed by atoms with Gasteiger partial charge >= 0.3 is 5.97 Å². The lowest BCUT2D eigenvalue weighted by molar-refractivity contribution is -0.161. The van der Waals surface area contributed by atoms with Gasteiger partial charge in [0.1, 0.15) is 5.78 Å². The van der Waals surface area contributed by atoms with Gasteiger partial charge in [-0.2, -0.15) is 0 Å². The van der Waals surface area contributed by atoms with Gasteiger partial charge in [-0.3, -0.25) is 14.4 Å². The number of primary sulfonamides is 1. The van der Waals surface area contributed by atoms with Crippen molar-refractivity contribution in [3.63, 3.8) is 0 Å². The van der Waals surface area contributed by atoms with Crippen molar-refractivity contribution in [1.29, 1.82) is 0 Å². The number of fused-ring (bicyclic) bond motifs is 2. The van der Waals surface area contributed by atoms with Gasteiger partial charge in [-0.15, -0.1) is 0 Å². The first-order valence-corrected chi connectivity index (χ1v) is 10.9. The number of esters is 1. The molecule has 2 saturated carbocycles. The predicted octanol–water partition coefficient (Wildman–Crippen LogP) is 1.60. The van der Waals surface area contributed by atoms with Crippen molar-refractivity contribution in [3.05, 3.63) is 24.3 Å². The molecule has 1 unspecified atom stereocenters. The third-order valence-corrected chi connectivity index (χ3v) is 6.42. The van der Waals surface area contributed by atoms with E-state index >= 15 is 0 Å². The minimum atomic E-state index is -3.81. The molecule has 2 fully saturated rings. The number of amides is 1. The largest absolute Gasteiger partial charge is 0.452 e. The Morgan fingerprint density at radius 3 is 2.25 bits per heavy atom. The van der Waals surface area contributed by atoms with E-state index in [0.29, 0.717) is 18.5 Å². The van der Waals surface area contributed by atoms with E-state index in [2.05, 4.69) is 5.32 Å². The average molecular weight is 408 g/mol. The van der Waals surface area contributed by atoms with Gasteiger partial charge < -0.3 is 10.1 Å². The molecule has 3 N–H and O–H groups in total. The zero-order valence-electron chi connectivity index (χ0n) is 15.6. The van der Waals surface area contributed by atoms with E-state index < -0.39 is 28.0 Å². The Balaban J connectivity index is 1.55. The summed E-state index contributed by atoms with van der Waals surface area (Å²) in [6.07, 6.45) is 2.65. The summed E-state index contributed by atoms with van der Waals surface area (Å²) in [5, 5.41) is 7.60. The number of nitrogens with one attached hydrogen (secondary N) is 1. The Kier molecular flexibility index (Phi) is 5.85. The van der Waals surface area contributed by atoms with Crippen molar-refractivity contribution in [1.82, 2.24) is 0 Å². The lowest BCUT2D eigenvalue weighted by atomic mass is 9.67. The first-order chi connectivity index (χ1) is 13.1. The van der Waals surface area contributed by atoms with Crippen LogP contribution in [-0.2, 0) is 29.1 Å². The number of Topliss-reactive ketones (excluding diaryl/α,β-unsaturated/α-hetero) is 1. The molecule has 1 aromatic rings. The average Bonchev–Trinajstić information content (AvgIpc) is 2.61. The molecule has 0 aromatic heterocycles. The van der Waals surface area contributed by atoms with Crippen LogP contribution in [0.15, 0.2) is 29.2 Å². The molecule has 2 aliphatic rings. The number of carbonyl (C=O) groups is 3. The minimum Gasteiger partial charge on any atom is -0.452 e. The van der Waals surface area contributed by atoms with Crippen molar-refractivity contribution in [3.8, 4) is 0 Å². The first-order valence-electron chi connectivity index (χ1n) is 9.33. The van der Waals surface area contributed by atoms with E-state index in [1.165, 1.54) is 31.2 Å². The normalized spacial score (nSPS) is 25.6. The highest BCUT2D eigenvalue weighted by Crippen LogP contribution is 2.40. The van der Waals surface area contributed by atoms with Crippen molar-refractivity contribution in [2.75, 3.05) is 5.32 Å². The second kappa shape index (κ2) is 8.00. The highest BCUT2D eigenvalue weighted by Gasteiger charge is 2.42. The summed E-state index contributed by atoms with van der Waals surface area (Å²) in [6.45, 7) is 1.47. The summed E-state index contributed by atoms with van der Waals surface area (Å²) in [5.74, 6) is -1.18. The zero-order chi connectivity index (χ0) is 20.5. The Hall–Kier alpha value is -2.26. The molecule has 0 radical (unpaired) electrons. The molecule has 0 aliphatic heterocycles. The summed E-state index contributed by atoms with van der Waals surface area (Å²) in [6, 6.07) is 5.36. The molecule has 9 heteroatoms. The van der Waals surface area contributed by atoms with E-state index in [-0.39, 0.29) is 28.4 Å². The van der Waals surface area contributed by atoms with E-state index in [4.69, 9.17) is 9.88 Å². The van der Waals surface area contributed by atoms with E-state index in [9.17, 15) is 22.8 Å². The molecular weight excluding hydrogens is 384 g/mol. The zero-order valence-corrected chi connectivity index (χ0v) is 16.4. The number of anilines is 1. The minimum absolute atomic E-state index is 0.0634. The van der Waals surface area contributed by atoms with Crippen LogP contribution < -0.4 is 10.5 Å². The molecule has 2 aliphatic carbocycles. The maximum atomic E-state index is 12.5. The second-order valence-corrected chi connectivity index (χ2v) is 9.09. The maximum Gasteiger partial charge on any atom is 0.309 e. The van der Waals surface area contributed by atoms with Gasteiger partial charge in [0.2, 0.25) is 10.0 Å². The lowest BCUT2D eigenvalue weighted by Crippen LogP contribution is -2.41. The quantitative estimate of drug-likeness (QED) is 0.711. The number of rotatable bonds is 5. The molecule has 0 spiro atoms. The number of carbonyl (C=O) groups excluding carboxylic acids is 3. The van der Waals surface area contributed by atoms with Gasteiger partial charge in [0.15, 0.2) is 6.10 Å². The fraction of sp³-hybridized carbons (Fsp3) is 0.526.